The van der Waals surface area contributed by atoms with Crippen molar-refractivity contribution in [3.05, 3.63) is 29.3 Å². The van der Waals surface area contributed by atoms with Crippen molar-refractivity contribution in [2.24, 2.45) is 0 Å². The topological polar surface area (TPSA) is 38.3 Å². The van der Waals surface area contributed by atoms with Crippen molar-refractivity contribution >= 4 is 11.6 Å². The molecule has 92 valence electrons. The molecule has 0 unspecified atom stereocenters. The van der Waals surface area contributed by atoms with E-state index < -0.39 is 0 Å². The molecule has 1 aromatic carbocycles. The summed E-state index contributed by atoms with van der Waals surface area (Å²) in [6, 6.07) is 6.15. The lowest BCUT2D eigenvalue weighted by atomic mass is 9.90. The van der Waals surface area contributed by atoms with Crippen LogP contribution in [0.2, 0.25) is 0 Å². The Morgan fingerprint density at radius 2 is 2.18 bits per heavy atom. The minimum absolute atomic E-state index is 0.0641. The van der Waals surface area contributed by atoms with E-state index >= 15 is 0 Å². The molecule has 1 amide bonds. The molecule has 0 fully saturated rings. The highest BCUT2D eigenvalue weighted by Gasteiger charge is 2.14. The predicted molar refractivity (Wildman–Crippen MR) is 68.2 cm³/mol. The molecule has 2 rings (SSSR count). The first kappa shape index (κ1) is 12.1. The molecule has 0 atom stereocenters. The average molecular weight is 233 g/mol. The van der Waals surface area contributed by atoms with E-state index in [-0.39, 0.29) is 12.5 Å². The van der Waals surface area contributed by atoms with Crippen molar-refractivity contribution in [1.82, 2.24) is 0 Å². The molecule has 0 spiro atoms. The number of hydrogen-bond donors (Lipinski definition) is 1. The summed E-state index contributed by atoms with van der Waals surface area (Å²) in [4.78, 5) is 11.6. The van der Waals surface area contributed by atoms with Gasteiger partial charge in [-0.15, -0.1) is 0 Å². The Balaban J connectivity index is 2.08. The summed E-state index contributed by atoms with van der Waals surface area (Å²) < 4.78 is 5.10. The summed E-state index contributed by atoms with van der Waals surface area (Å²) in [5, 5.41) is 2.94. The smallest absolute Gasteiger partial charge is 0.250 e. The van der Waals surface area contributed by atoms with Crippen molar-refractivity contribution in [3.8, 4) is 0 Å². The molecule has 1 aromatic rings. The fourth-order valence-electron chi connectivity index (χ4n) is 2.28. The van der Waals surface area contributed by atoms with Gasteiger partial charge in [-0.3, -0.25) is 4.79 Å². The van der Waals surface area contributed by atoms with E-state index in [0.29, 0.717) is 6.61 Å². The van der Waals surface area contributed by atoms with Crippen LogP contribution < -0.4 is 5.32 Å². The Labute approximate surface area is 102 Å². The molecular weight excluding hydrogens is 214 g/mol. The van der Waals surface area contributed by atoms with Gasteiger partial charge in [0.25, 0.3) is 0 Å². The van der Waals surface area contributed by atoms with Crippen LogP contribution in [0.1, 0.15) is 30.9 Å². The van der Waals surface area contributed by atoms with Gasteiger partial charge >= 0.3 is 0 Å². The zero-order chi connectivity index (χ0) is 12.1. The van der Waals surface area contributed by atoms with Gasteiger partial charge in [0.1, 0.15) is 6.61 Å². The van der Waals surface area contributed by atoms with Crippen LogP contribution in [-0.4, -0.2) is 19.1 Å². The number of hydrogen-bond acceptors (Lipinski definition) is 2. The Morgan fingerprint density at radius 1 is 1.35 bits per heavy atom. The third kappa shape index (κ3) is 3.07. The van der Waals surface area contributed by atoms with Crippen molar-refractivity contribution in [2.45, 2.75) is 32.6 Å². The van der Waals surface area contributed by atoms with E-state index in [1.54, 1.807) is 0 Å². The van der Waals surface area contributed by atoms with Crippen LogP contribution >= 0.6 is 0 Å². The molecule has 0 heterocycles. The Hall–Kier alpha value is -1.35. The number of ether oxygens (including phenoxy) is 1. The largest absolute Gasteiger partial charge is 0.372 e. The first-order valence-corrected chi connectivity index (χ1v) is 6.29. The zero-order valence-corrected chi connectivity index (χ0v) is 10.3. The maximum atomic E-state index is 11.6. The van der Waals surface area contributed by atoms with Gasteiger partial charge in [-0.25, -0.2) is 0 Å². The SMILES string of the molecule is CCOCC(=O)Nc1cccc2c1CCCC2. The molecule has 1 N–H and O–H groups in total. The molecule has 0 aliphatic heterocycles. The number of anilines is 1. The van der Waals surface area contributed by atoms with E-state index in [4.69, 9.17) is 4.74 Å². The van der Waals surface area contributed by atoms with Crippen LogP contribution in [0.15, 0.2) is 18.2 Å². The lowest BCUT2D eigenvalue weighted by Crippen LogP contribution is -2.20. The number of benzene rings is 1. The molecule has 0 bridgehead atoms. The van der Waals surface area contributed by atoms with Gasteiger partial charge in [0.05, 0.1) is 0 Å². The molecule has 0 saturated heterocycles. The van der Waals surface area contributed by atoms with E-state index in [1.165, 1.54) is 24.0 Å². The maximum Gasteiger partial charge on any atom is 0.250 e. The summed E-state index contributed by atoms with van der Waals surface area (Å²) in [5.74, 6) is -0.0641. The lowest BCUT2D eigenvalue weighted by Gasteiger charge is -2.19. The highest BCUT2D eigenvalue weighted by molar-refractivity contribution is 5.92. The monoisotopic (exact) mass is 233 g/mol. The van der Waals surface area contributed by atoms with Crippen LogP contribution in [0.25, 0.3) is 0 Å². The third-order valence-corrected chi connectivity index (χ3v) is 3.11. The fourth-order valence-corrected chi connectivity index (χ4v) is 2.28. The van der Waals surface area contributed by atoms with E-state index in [9.17, 15) is 4.79 Å². The molecule has 3 heteroatoms. The van der Waals surface area contributed by atoms with Crippen molar-refractivity contribution in [1.29, 1.82) is 0 Å². The van der Waals surface area contributed by atoms with Gasteiger partial charge in [-0.05, 0) is 49.8 Å². The first-order valence-electron chi connectivity index (χ1n) is 6.29. The summed E-state index contributed by atoms with van der Waals surface area (Å²) in [5.41, 5.74) is 3.65. The molecule has 1 aliphatic carbocycles. The Kier molecular flexibility index (Phi) is 4.15. The molecule has 0 aromatic heterocycles. The van der Waals surface area contributed by atoms with Crippen LogP contribution in [-0.2, 0) is 22.4 Å². The minimum Gasteiger partial charge on any atom is -0.372 e. The Morgan fingerprint density at radius 3 is 3.00 bits per heavy atom. The summed E-state index contributed by atoms with van der Waals surface area (Å²) in [6.45, 7) is 2.60. The number of amides is 1. The molecule has 0 radical (unpaired) electrons. The number of aryl methyl sites for hydroxylation is 1. The molecule has 1 aliphatic rings. The number of fused-ring (bicyclic) bond motifs is 1. The second-order valence-electron chi connectivity index (χ2n) is 4.34. The van der Waals surface area contributed by atoms with E-state index in [1.807, 2.05) is 19.1 Å². The second kappa shape index (κ2) is 5.82. The van der Waals surface area contributed by atoms with E-state index in [0.717, 1.165) is 18.5 Å². The summed E-state index contributed by atoms with van der Waals surface area (Å²) in [7, 11) is 0. The van der Waals surface area contributed by atoms with Gasteiger partial charge < -0.3 is 10.1 Å². The third-order valence-electron chi connectivity index (χ3n) is 3.11. The normalized spacial score (nSPS) is 14.2. The first-order chi connectivity index (χ1) is 8.31. The number of nitrogens with one attached hydrogen (secondary N) is 1. The molecule has 0 saturated carbocycles. The maximum absolute atomic E-state index is 11.6. The van der Waals surface area contributed by atoms with Crippen molar-refractivity contribution < 1.29 is 9.53 Å². The van der Waals surface area contributed by atoms with Gasteiger partial charge in [0.2, 0.25) is 5.91 Å². The highest BCUT2D eigenvalue weighted by atomic mass is 16.5. The van der Waals surface area contributed by atoms with Crippen LogP contribution in [0.4, 0.5) is 5.69 Å². The average Bonchev–Trinajstić information content (AvgIpc) is 2.37. The van der Waals surface area contributed by atoms with Gasteiger partial charge in [0.15, 0.2) is 0 Å². The zero-order valence-electron chi connectivity index (χ0n) is 10.3. The number of carbonyl (C=O) groups is 1. The number of carbonyl (C=O) groups excluding carboxylic acids is 1. The molecule has 3 nitrogen and oxygen atoms in total. The fraction of sp³-hybridized carbons (Fsp3) is 0.500. The molecule has 17 heavy (non-hydrogen) atoms. The van der Waals surface area contributed by atoms with E-state index in [2.05, 4.69) is 11.4 Å². The summed E-state index contributed by atoms with van der Waals surface area (Å²) >= 11 is 0. The molecular formula is C14H19NO2. The standard InChI is InChI=1S/C14H19NO2/c1-2-17-10-14(16)15-13-9-5-7-11-6-3-4-8-12(11)13/h5,7,9H,2-4,6,8,10H2,1H3,(H,15,16). The van der Waals surface area contributed by atoms with Crippen molar-refractivity contribution in [2.75, 3.05) is 18.5 Å². The van der Waals surface area contributed by atoms with Crippen LogP contribution in [0.3, 0.4) is 0 Å². The Bertz CT molecular complexity index is 401. The lowest BCUT2D eigenvalue weighted by molar-refractivity contribution is -0.120. The highest BCUT2D eigenvalue weighted by Crippen LogP contribution is 2.27. The van der Waals surface area contributed by atoms with Gasteiger partial charge in [-0.1, -0.05) is 12.1 Å². The second-order valence-corrected chi connectivity index (χ2v) is 4.34. The van der Waals surface area contributed by atoms with Crippen LogP contribution in [0, 0.1) is 0 Å². The van der Waals surface area contributed by atoms with Crippen LogP contribution in [0.5, 0.6) is 0 Å². The minimum atomic E-state index is -0.0641. The van der Waals surface area contributed by atoms with Gasteiger partial charge in [0, 0.05) is 12.3 Å². The summed E-state index contributed by atoms with van der Waals surface area (Å²) in [6.07, 6.45) is 4.67. The van der Waals surface area contributed by atoms with Crippen molar-refractivity contribution in [3.63, 3.8) is 0 Å². The predicted octanol–water partition coefficient (Wildman–Crippen LogP) is 2.54. The van der Waals surface area contributed by atoms with Gasteiger partial charge in [-0.2, -0.15) is 0 Å². The quantitative estimate of drug-likeness (QED) is 0.868. The number of rotatable bonds is 4.